The van der Waals surface area contributed by atoms with Crippen molar-refractivity contribution in [3.05, 3.63) is 59.0 Å². The first-order valence-corrected chi connectivity index (χ1v) is 11.9. The van der Waals surface area contributed by atoms with Gasteiger partial charge in [-0.2, -0.15) is 0 Å². The fourth-order valence-electron chi connectivity index (χ4n) is 5.16. The van der Waals surface area contributed by atoms with Gasteiger partial charge in [0.1, 0.15) is 23.2 Å². The van der Waals surface area contributed by atoms with Gasteiger partial charge in [0.05, 0.1) is 32.4 Å². The standard InChI is InChI=1S/C25H31N7O2/c1-16-4-3-5-20(28-16)29-23-21-22(27-15-24(21)8-9-24)30-25(26,31-23)18-7-6-17(14-19(18)33-2)32-10-12-34-13-11-32/h3-7,14,31H,8-13,15,26H2,1-2H3,(H,27,30)(H,28,29). The molecule has 0 amide bonds. The van der Waals surface area contributed by atoms with E-state index in [1.807, 2.05) is 37.3 Å². The maximum absolute atomic E-state index is 7.01. The van der Waals surface area contributed by atoms with Crippen molar-refractivity contribution in [2.45, 2.75) is 25.6 Å². The Morgan fingerprint density at radius 1 is 1.15 bits per heavy atom. The van der Waals surface area contributed by atoms with Crippen LogP contribution in [0.15, 0.2) is 52.8 Å². The van der Waals surface area contributed by atoms with Gasteiger partial charge in [0, 0.05) is 41.5 Å². The Morgan fingerprint density at radius 3 is 2.71 bits per heavy atom. The second-order valence-corrected chi connectivity index (χ2v) is 9.53. The molecular formula is C25H31N7O2. The van der Waals surface area contributed by atoms with Gasteiger partial charge in [0.2, 0.25) is 0 Å². The molecule has 178 valence electrons. The molecule has 34 heavy (non-hydrogen) atoms. The van der Waals surface area contributed by atoms with Gasteiger partial charge in [-0.1, -0.05) is 6.07 Å². The third kappa shape index (κ3) is 3.56. The van der Waals surface area contributed by atoms with Crippen LogP contribution < -0.4 is 31.3 Å². The van der Waals surface area contributed by atoms with Crippen molar-refractivity contribution >= 4 is 17.3 Å². The van der Waals surface area contributed by atoms with Crippen molar-refractivity contribution in [3.63, 3.8) is 0 Å². The molecule has 1 aromatic heterocycles. The van der Waals surface area contributed by atoms with Gasteiger partial charge in [-0.15, -0.1) is 0 Å². The number of nitrogens with one attached hydrogen (secondary N) is 3. The Morgan fingerprint density at radius 2 is 1.97 bits per heavy atom. The van der Waals surface area contributed by atoms with Crippen molar-refractivity contribution in [1.82, 2.24) is 15.6 Å². The fourth-order valence-corrected chi connectivity index (χ4v) is 5.16. The van der Waals surface area contributed by atoms with Crippen LogP contribution in [0, 0.1) is 12.3 Å². The third-order valence-corrected chi connectivity index (χ3v) is 7.18. The van der Waals surface area contributed by atoms with Crippen molar-refractivity contribution < 1.29 is 9.47 Å². The highest BCUT2D eigenvalue weighted by Gasteiger charge is 2.55. The normalized spacial score (nSPS) is 24.8. The summed E-state index contributed by atoms with van der Waals surface area (Å²) in [6.45, 7) is 5.93. The van der Waals surface area contributed by atoms with Gasteiger partial charge >= 0.3 is 0 Å². The monoisotopic (exact) mass is 461 g/mol. The van der Waals surface area contributed by atoms with E-state index >= 15 is 0 Å². The van der Waals surface area contributed by atoms with Crippen LogP contribution in [-0.4, -0.2) is 50.8 Å². The summed E-state index contributed by atoms with van der Waals surface area (Å²) in [5.74, 6) is 2.07. The fraction of sp³-hybridized carbons (Fsp3) is 0.440. The molecule has 1 spiro atoms. The minimum atomic E-state index is -1.11. The Kier molecular flexibility index (Phi) is 4.93. The molecule has 2 aromatic rings. The third-order valence-electron chi connectivity index (χ3n) is 7.18. The molecule has 1 saturated heterocycles. The number of benzene rings is 1. The molecule has 1 aliphatic carbocycles. The molecule has 4 aliphatic rings. The Balaban J connectivity index is 1.37. The molecular weight excluding hydrogens is 430 g/mol. The number of anilines is 2. The van der Waals surface area contributed by atoms with E-state index in [4.69, 9.17) is 20.2 Å². The van der Waals surface area contributed by atoms with Crippen LogP contribution in [0.5, 0.6) is 5.75 Å². The number of pyridine rings is 1. The number of amidine groups is 1. The number of methoxy groups -OCH3 is 1. The minimum absolute atomic E-state index is 0.0904. The van der Waals surface area contributed by atoms with E-state index in [2.05, 4.69) is 31.9 Å². The van der Waals surface area contributed by atoms with Crippen LogP contribution in [0.25, 0.3) is 0 Å². The van der Waals surface area contributed by atoms with E-state index in [0.717, 1.165) is 80.1 Å². The number of hydrogen-bond donors (Lipinski definition) is 4. The lowest BCUT2D eigenvalue weighted by atomic mass is 9.94. The molecule has 9 heteroatoms. The average molecular weight is 462 g/mol. The summed E-state index contributed by atoms with van der Waals surface area (Å²) in [6.07, 6.45) is 2.25. The van der Waals surface area contributed by atoms with Gasteiger partial charge in [-0.25, -0.2) is 4.98 Å². The van der Waals surface area contributed by atoms with Crippen LogP contribution >= 0.6 is 0 Å². The highest BCUT2D eigenvalue weighted by atomic mass is 16.5. The van der Waals surface area contributed by atoms with E-state index in [1.165, 1.54) is 5.57 Å². The largest absolute Gasteiger partial charge is 0.496 e. The smallest absolute Gasteiger partial charge is 0.195 e. The topological polar surface area (TPSA) is 109 Å². The van der Waals surface area contributed by atoms with Gasteiger partial charge in [0.25, 0.3) is 0 Å². The molecule has 2 fully saturated rings. The number of rotatable bonds is 5. The Hall–Kier alpha value is -3.30. The molecule has 1 saturated carbocycles. The number of nitrogens with zero attached hydrogens (tertiary/aromatic N) is 3. The molecule has 1 atom stereocenters. The maximum Gasteiger partial charge on any atom is 0.195 e. The van der Waals surface area contributed by atoms with Crippen LogP contribution in [-0.2, 0) is 10.5 Å². The highest BCUT2D eigenvalue weighted by Crippen LogP contribution is 2.56. The summed E-state index contributed by atoms with van der Waals surface area (Å²) >= 11 is 0. The first-order chi connectivity index (χ1) is 16.5. The lowest BCUT2D eigenvalue weighted by Gasteiger charge is -2.41. The molecule has 6 rings (SSSR count). The van der Waals surface area contributed by atoms with E-state index in [9.17, 15) is 0 Å². The number of aromatic nitrogens is 1. The van der Waals surface area contributed by atoms with E-state index in [1.54, 1.807) is 7.11 Å². The zero-order chi connectivity index (χ0) is 23.3. The van der Waals surface area contributed by atoms with Gasteiger partial charge in [-0.05, 0) is 44.0 Å². The molecule has 9 nitrogen and oxygen atoms in total. The number of fused-ring (bicyclic) bond motifs is 2. The van der Waals surface area contributed by atoms with Crippen LogP contribution in [0.1, 0.15) is 24.1 Å². The summed E-state index contributed by atoms with van der Waals surface area (Å²) in [6, 6.07) is 12.1. The van der Waals surface area contributed by atoms with E-state index in [0.29, 0.717) is 5.75 Å². The molecule has 1 unspecified atom stereocenters. The number of aryl methyl sites for hydroxylation is 1. The van der Waals surface area contributed by atoms with Crippen LogP contribution in [0.3, 0.4) is 0 Å². The van der Waals surface area contributed by atoms with Crippen molar-refractivity contribution in [2.24, 2.45) is 16.1 Å². The number of ether oxygens (including phenoxy) is 2. The van der Waals surface area contributed by atoms with Crippen LogP contribution in [0.2, 0.25) is 0 Å². The van der Waals surface area contributed by atoms with Crippen molar-refractivity contribution in [2.75, 3.05) is 50.2 Å². The minimum Gasteiger partial charge on any atom is -0.496 e. The molecule has 3 aliphatic heterocycles. The second kappa shape index (κ2) is 7.89. The van der Waals surface area contributed by atoms with Crippen molar-refractivity contribution in [1.29, 1.82) is 0 Å². The molecule has 1 aromatic carbocycles. The summed E-state index contributed by atoms with van der Waals surface area (Å²) in [7, 11) is 1.68. The maximum atomic E-state index is 7.01. The number of morpholine rings is 1. The highest BCUT2D eigenvalue weighted by molar-refractivity contribution is 6.04. The average Bonchev–Trinajstić information content (AvgIpc) is 3.54. The number of nitrogens with two attached hydrogens (primary N) is 1. The number of hydrogen-bond acceptors (Lipinski definition) is 9. The van der Waals surface area contributed by atoms with E-state index < -0.39 is 5.79 Å². The molecule has 4 heterocycles. The number of aliphatic imine (C=N–C) groups is 1. The zero-order valence-corrected chi connectivity index (χ0v) is 19.6. The zero-order valence-electron chi connectivity index (χ0n) is 19.6. The van der Waals surface area contributed by atoms with Gasteiger partial charge in [-0.3, -0.25) is 10.7 Å². The predicted octanol–water partition coefficient (Wildman–Crippen LogP) is 2.01. The first kappa shape index (κ1) is 21.2. The van der Waals surface area contributed by atoms with Gasteiger partial charge < -0.3 is 30.3 Å². The quantitative estimate of drug-likeness (QED) is 0.536. The summed E-state index contributed by atoms with van der Waals surface area (Å²) in [5.41, 5.74) is 11.1. The Labute approximate surface area is 199 Å². The molecule has 5 N–H and O–H groups in total. The SMILES string of the molecule is COc1cc(N2CCOCC2)ccc1C1(N)NC2=NCC3(CC3)C2=C(Nc2cccc(C)n2)N1. The molecule has 0 bridgehead atoms. The summed E-state index contributed by atoms with van der Waals surface area (Å²) < 4.78 is 11.3. The Bertz CT molecular complexity index is 1180. The van der Waals surface area contributed by atoms with Gasteiger partial charge in [0.15, 0.2) is 5.79 Å². The second-order valence-electron chi connectivity index (χ2n) is 9.53. The lowest BCUT2D eigenvalue weighted by molar-refractivity contribution is 0.122. The predicted molar refractivity (Wildman–Crippen MR) is 132 cm³/mol. The van der Waals surface area contributed by atoms with Crippen LogP contribution in [0.4, 0.5) is 11.5 Å². The first-order valence-electron chi connectivity index (χ1n) is 11.9. The van der Waals surface area contributed by atoms with Crippen molar-refractivity contribution in [3.8, 4) is 5.75 Å². The summed E-state index contributed by atoms with van der Waals surface area (Å²) in [5, 5.41) is 10.6. The van der Waals surface area contributed by atoms with E-state index in [-0.39, 0.29) is 5.41 Å². The molecule has 0 radical (unpaired) electrons. The summed E-state index contributed by atoms with van der Waals surface area (Å²) in [4.78, 5) is 11.8. The lowest BCUT2D eigenvalue weighted by Crippen LogP contribution is -2.66.